The maximum absolute atomic E-state index is 5.43. The van der Waals surface area contributed by atoms with E-state index in [2.05, 4.69) is 0 Å². The van der Waals surface area contributed by atoms with E-state index in [-0.39, 0.29) is 0 Å². The van der Waals surface area contributed by atoms with E-state index in [9.17, 15) is 0 Å². The fourth-order valence-electron chi connectivity index (χ4n) is 1.09. The molecule has 0 radical (unpaired) electrons. The normalized spacial score (nSPS) is 17.7. The summed E-state index contributed by atoms with van der Waals surface area (Å²) < 4.78 is 5.43. The first-order valence-corrected chi connectivity index (χ1v) is 3.69. The molecular weight excluding hydrogens is 126 g/mol. The molecule has 0 bridgehead atoms. The van der Waals surface area contributed by atoms with Gasteiger partial charge in [-0.15, -0.1) is 0 Å². The minimum Gasteiger partial charge on any atom is -0.464 e. The summed E-state index contributed by atoms with van der Waals surface area (Å²) in [4.78, 5) is 0. The second-order valence-electron chi connectivity index (χ2n) is 2.78. The monoisotopic (exact) mass is 137 g/mol. The molecule has 0 aliphatic heterocycles. The first-order chi connectivity index (χ1) is 4.90. The summed E-state index contributed by atoms with van der Waals surface area (Å²) in [7, 11) is 0. The number of furan rings is 1. The van der Waals surface area contributed by atoms with E-state index >= 15 is 0 Å². The molecule has 2 N–H and O–H groups in total. The van der Waals surface area contributed by atoms with Crippen molar-refractivity contribution in [2.24, 2.45) is 5.73 Å². The Balaban J connectivity index is 2.19. The van der Waals surface area contributed by atoms with E-state index < -0.39 is 0 Å². The van der Waals surface area contributed by atoms with Gasteiger partial charge in [0.2, 0.25) is 0 Å². The van der Waals surface area contributed by atoms with Gasteiger partial charge in [0.25, 0.3) is 0 Å². The van der Waals surface area contributed by atoms with Crippen LogP contribution in [-0.4, -0.2) is 0 Å². The standard InChI is InChI=1S/C8H11NO/c9-5-7-3-4-8(10-7)6-1-2-6/h3-4,6H,1-2,5,9H2. The highest BCUT2D eigenvalue weighted by atomic mass is 16.3. The lowest BCUT2D eigenvalue weighted by atomic mass is 10.3. The molecule has 0 atom stereocenters. The molecule has 0 unspecified atom stereocenters. The van der Waals surface area contributed by atoms with Crippen LogP contribution < -0.4 is 5.73 Å². The molecule has 1 aromatic heterocycles. The molecule has 0 saturated heterocycles. The van der Waals surface area contributed by atoms with Gasteiger partial charge in [0.05, 0.1) is 6.54 Å². The largest absolute Gasteiger partial charge is 0.464 e. The van der Waals surface area contributed by atoms with Gasteiger partial charge in [-0.2, -0.15) is 0 Å². The highest BCUT2D eigenvalue weighted by Gasteiger charge is 2.26. The fraction of sp³-hybridized carbons (Fsp3) is 0.500. The van der Waals surface area contributed by atoms with Gasteiger partial charge in [0.15, 0.2) is 0 Å². The van der Waals surface area contributed by atoms with Gasteiger partial charge < -0.3 is 10.2 Å². The number of hydrogen-bond donors (Lipinski definition) is 1. The van der Waals surface area contributed by atoms with E-state index in [1.165, 1.54) is 12.8 Å². The van der Waals surface area contributed by atoms with E-state index in [1.54, 1.807) is 0 Å². The van der Waals surface area contributed by atoms with Crippen molar-refractivity contribution in [3.05, 3.63) is 23.7 Å². The van der Waals surface area contributed by atoms with Crippen LogP contribution in [0.2, 0.25) is 0 Å². The molecule has 1 aromatic rings. The Labute approximate surface area is 60.0 Å². The third-order valence-electron chi connectivity index (χ3n) is 1.86. The summed E-state index contributed by atoms with van der Waals surface area (Å²) >= 11 is 0. The van der Waals surface area contributed by atoms with E-state index in [0.717, 1.165) is 11.5 Å². The highest BCUT2D eigenvalue weighted by molar-refractivity contribution is 5.15. The summed E-state index contributed by atoms with van der Waals surface area (Å²) in [5.41, 5.74) is 5.39. The molecule has 54 valence electrons. The lowest BCUT2D eigenvalue weighted by Gasteiger charge is -1.88. The van der Waals surface area contributed by atoms with Crippen LogP contribution in [0.1, 0.15) is 30.3 Å². The Morgan fingerprint density at radius 2 is 2.30 bits per heavy atom. The molecular formula is C8H11NO. The van der Waals surface area contributed by atoms with Gasteiger partial charge in [-0.25, -0.2) is 0 Å². The molecule has 0 spiro atoms. The van der Waals surface area contributed by atoms with Gasteiger partial charge in [-0.3, -0.25) is 0 Å². The quantitative estimate of drug-likeness (QED) is 0.672. The van der Waals surface area contributed by atoms with Crippen LogP contribution in [-0.2, 0) is 6.54 Å². The minimum atomic E-state index is 0.521. The van der Waals surface area contributed by atoms with Crippen molar-refractivity contribution in [1.82, 2.24) is 0 Å². The topological polar surface area (TPSA) is 39.2 Å². The van der Waals surface area contributed by atoms with Crippen molar-refractivity contribution in [2.75, 3.05) is 0 Å². The van der Waals surface area contributed by atoms with Crippen LogP contribution in [0.5, 0.6) is 0 Å². The number of nitrogens with two attached hydrogens (primary N) is 1. The van der Waals surface area contributed by atoms with Crippen LogP contribution in [0.25, 0.3) is 0 Å². The lowest BCUT2D eigenvalue weighted by molar-refractivity contribution is 0.468. The summed E-state index contributed by atoms with van der Waals surface area (Å²) in [6, 6.07) is 4.01. The zero-order valence-electron chi connectivity index (χ0n) is 5.84. The van der Waals surface area contributed by atoms with Gasteiger partial charge in [-0.1, -0.05) is 0 Å². The molecule has 1 saturated carbocycles. The van der Waals surface area contributed by atoms with Crippen molar-refractivity contribution in [3.8, 4) is 0 Å². The minimum absolute atomic E-state index is 0.521. The van der Waals surface area contributed by atoms with Gasteiger partial charge in [0, 0.05) is 5.92 Å². The maximum Gasteiger partial charge on any atom is 0.117 e. The molecule has 1 heterocycles. The van der Waals surface area contributed by atoms with Crippen LogP contribution in [0, 0.1) is 0 Å². The van der Waals surface area contributed by atoms with Crippen LogP contribution in [0.3, 0.4) is 0 Å². The second-order valence-corrected chi connectivity index (χ2v) is 2.78. The molecule has 0 aromatic carbocycles. The van der Waals surface area contributed by atoms with Crippen LogP contribution in [0.4, 0.5) is 0 Å². The zero-order valence-corrected chi connectivity index (χ0v) is 5.84. The average molecular weight is 137 g/mol. The maximum atomic E-state index is 5.43. The molecule has 1 aliphatic rings. The van der Waals surface area contributed by atoms with Crippen molar-refractivity contribution in [2.45, 2.75) is 25.3 Å². The van der Waals surface area contributed by atoms with Crippen molar-refractivity contribution >= 4 is 0 Å². The lowest BCUT2D eigenvalue weighted by Crippen LogP contribution is -1.92. The van der Waals surface area contributed by atoms with E-state index in [4.69, 9.17) is 10.2 Å². The zero-order chi connectivity index (χ0) is 6.97. The Morgan fingerprint density at radius 1 is 1.50 bits per heavy atom. The molecule has 10 heavy (non-hydrogen) atoms. The third-order valence-corrected chi connectivity index (χ3v) is 1.86. The molecule has 2 nitrogen and oxygen atoms in total. The smallest absolute Gasteiger partial charge is 0.117 e. The van der Waals surface area contributed by atoms with Crippen LogP contribution >= 0.6 is 0 Å². The molecule has 0 amide bonds. The molecule has 1 fully saturated rings. The van der Waals surface area contributed by atoms with E-state index in [1.807, 2.05) is 12.1 Å². The Hall–Kier alpha value is -0.760. The summed E-state index contributed by atoms with van der Waals surface area (Å²) in [5, 5.41) is 0. The van der Waals surface area contributed by atoms with Gasteiger partial charge in [-0.05, 0) is 25.0 Å². The summed E-state index contributed by atoms with van der Waals surface area (Å²) in [6.45, 7) is 0.521. The fourth-order valence-corrected chi connectivity index (χ4v) is 1.09. The number of hydrogen-bond acceptors (Lipinski definition) is 2. The average Bonchev–Trinajstić information content (AvgIpc) is 2.70. The van der Waals surface area contributed by atoms with E-state index in [0.29, 0.717) is 12.5 Å². The first-order valence-electron chi connectivity index (χ1n) is 3.69. The predicted octanol–water partition coefficient (Wildman–Crippen LogP) is 1.62. The summed E-state index contributed by atoms with van der Waals surface area (Å²) in [5.74, 6) is 2.74. The Kier molecular flexibility index (Phi) is 1.27. The van der Waals surface area contributed by atoms with Crippen molar-refractivity contribution in [1.29, 1.82) is 0 Å². The molecule has 1 aliphatic carbocycles. The number of rotatable bonds is 2. The Morgan fingerprint density at radius 3 is 2.80 bits per heavy atom. The van der Waals surface area contributed by atoms with Gasteiger partial charge in [0.1, 0.15) is 11.5 Å². The SMILES string of the molecule is NCc1ccc(C2CC2)o1. The van der Waals surface area contributed by atoms with Crippen LogP contribution in [0.15, 0.2) is 16.5 Å². The summed E-state index contributed by atoms with van der Waals surface area (Å²) in [6.07, 6.45) is 2.58. The second kappa shape index (κ2) is 2.13. The predicted molar refractivity (Wildman–Crippen MR) is 38.6 cm³/mol. The third kappa shape index (κ3) is 0.948. The molecule has 2 rings (SSSR count). The Bertz CT molecular complexity index is 225. The van der Waals surface area contributed by atoms with Crippen molar-refractivity contribution < 1.29 is 4.42 Å². The van der Waals surface area contributed by atoms with Crippen molar-refractivity contribution in [3.63, 3.8) is 0 Å². The first kappa shape index (κ1) is 5.98. The molecule has 2 heteroatoms. The highest BCUT2D eigenvalue weighted by Crippen LogP contribution is 2.40. The van der Waals surface area contributed by atoms with Gasteiger partial charge >= 0.3 is 0 Å².